The minimum atomic E-state index is -4.16. The van der Waals surface area contributed by atoms with Gasteiger partial charge in [0.05, 0.1) is 39.6 Å². The van der Waals surface area contributed by atoms with E-state index >= 15 is 0 Å². The summed E-state index contributed by atoms with van der Waals surface area (Å²) in [5.74, 6) is -4.16. The van der Waals surface area contributed by atoms with Crippen molar-refractivity contribution >= 4 is 0 Å². The van der Waals surface area contributed by atoms with Gasteiger partial charge in [0.25, 0.3) is 0 Å². The Morgan fingerprint density at radius 2 is 1.57 bits per heavy atom. The SMILES string of the molecule is FC(F)C(F)(F)COCC(COCC1CO1)OCC1CO1. The lowest BCUT2D eigenvalue weighted by atomic mass is 10.3. The van der Waals surface area contributed by atoms with Crippen molar-refractivity contribution in [3.63, 3.8) is 0 Å². The Balaban J connectivity index is 1.63. The Labute approximate surface area is 119 Å². The van der Waals surface area contributed by atoms with E-state index in [1.807, 2.05) is 0 Å². The summed E-state index contributed by atoms with van der Waals surface area (Å²) < 4.78 is 74.6. The highest BCUT2D eigenvalue weighted by Crippen LogP contribution is 2.23. The molecule has 9 heteroatoms. The van der Waals surface area contributed by atoms with Gasteiger partial charge in [-0.05, 0) is 0 Å². The number of halogens is 4. The third-order valence-electron chi connectivity index (χ3n) is 2.85. The van der Waals surface area contributed by atoms with E-state index in [-0.39, 0.29) is 25.4 Å². The highest BCUT2D eigenvalue weighted by molar-refractivity contribution is 4.72. The van der Waals surface area contributed by atoms with Crippen LogP contribution in [0, 0.1) is 0 Å². The van der Waals surface area contributed by atoms with E-state index in [1.54, 1.807) is 0 Å². The zero-order valence-corrected chi connectivity index (χ0v) is 11.3. The maximum absolute atomic E-state index is 12.7. The van der Waals surface area contributed by atoms with Crippen LogP contribution in [-0.4, -0.2) is 76.9 Å². The van der Waals surface area contributed by atoms with E-state index in [2.05, 4.69) is 4.74 Å². The van der Waals surface area contributed by atoms with Crippen LogP contribution in [0.3, 0.4) is 0 Å². The maximum Gasteiger partial charge on any atom is 0.330 e. The van der Waals surface area contributed by atoms with Crippen LogP contribution in [0.5, 0.6) is 0 Å². The van der Waals surface area contributed by atoms with Crippen molar-refractivity contribution in [2.75, 3.05) is 46.2 Å². The normalized spacial score (nSPS) is 26.1. The van der Waals surface area contributed by atoms with Crippen LogP contribution in [0.25, 0.3) is 0 Å². The van der Waals surface area contributed by atoms with E-state index < -0.39 is 25.1 Å². The molecular formula is C12H18F4O5. The Morgan fingerprint density at radius 1 is 1.00 bits per heavy atom. The lowest BCUT2D eigenvalue weighted by Gasteiger charge is -2.20. The topological polar surface area (TPSA) is 52.8 Å². The van der Waals surface area contributed by atoms with Gasteiger partial charge in [0, 0.05) is 0 Å². The summed E-state index contributed by atoms with van der Waals surface area (Å²) in [4.78, 5) is 0. The summed E-state index contributed by atoms with van der Waals surface area (Å²) in [6, 6.07) is 0. The molecule has 3 atom stereocenters. The molecule has 2 aliphatic rings. The van der Waals surface area contributed by atoms with Crippen LogP contribution in [0.15, 0.2) is 0 Å². The molecule has 0 N–H and O–H groups in total. The van der Waals surface area contributed by atoms with Crippen molar-refractivity contribution in [2.24, 2.45) is 0 Å². The van der Waals surface area contributed by atoms with Gasteiger partial charge in [-0.2, -0.15) is 8.78 Å². The molecule has 2 fully saturated rings. The predicted molar refractivity (Wildman–Crippen MR) is 61.8 cm³/mol. The zero-order chi connectivity index (χ0) is 15.3. The molecule has 2 aliphatic heterocycles. The molecule has 0 aromatic carbocycles. The van der Waals surface area contributed by atoms with Gasteiger partial charge in [-0.15, -0.1) is 0 Å². The van der Waals surface area contributed by atoms with Gasteiger partial charge in [0.15, 0.2) is 0 Å². The van der Waals surface area contributed by atoms with E-state index in [4.69, 9.17) is 18.9 Å². The molecule has 0 aromatic rings. The van der Waals surface area contributed by atoms with Crippen molar-refractivity contribution < 1.29 is 41.2 Å². The molecule has 0 bridgehead atoms. The van der Waals surface area contributed by atoms with Crippen molar-refractivity contribution in [1.82, 2.24) is 0 Å². The second-order valence-electron chi connectivity index (χ2n) is 4.98. The Morgan fingerprint density at radius 3 is 2.14 bits per heavy atom. The van der Waals surface area contributed by atoms with E-state index in [0.29, 0.717) is 26.4 Å². The highest BCUT2D eigenvalue weighted by Gasteiger charge is 2.41. The fourth-order valence-corrected chi connectivity index (χ4v) is 1.44. The number of hydrogen-bond acceptors (Lipinski definition) is 5. The smallest absolute Gasteiger partial charge is 0.330 e. The first-order valence-corrected chi connectivity index (χ1v) is 6.63. The molecule has 0 amide bonds. The summed E-state index contributed by atoms with van der Waals surface area (Å²) in [7, 11) is 0. The lowest BCUT2D eigenvalue weighted by molar-refractivity contribution is -0.175. The second-order valence-corrected chi connectivity index (χ2v) is 4.98. The van der Waals surface area contributed by atoms with E-state index in [9.17, 15) is 17.6 Å². The second kappa shape index (κ2) is 7.68. The Hall–Kier alpha value is -0.480. The minimum Gasteiger partial charge on any atom is -0.376 e. The van der Waals surface area contributed by atoms with Crippen molar-refractivity contribution in [3.05, 3.63) is 0 Å². The molecule has 0 radical (unpaired) electrons. The molecule has 2 rings (SSSR count). The van der Waals surface area contributed by atoms with Crippen LogP contribution in [0.2, 0.25) is 0 Å². The molecule has 21 heavy (non-hydrogen) atoms. The first-order valence-electron chi connectivity index (χ1n) is 6.63. The third-order valence-corrected chi connectivity index (χ3v) is 2.85. The number of hydrogen-bond donors (Lipinski definition) is 0. The van der Waals surface area contributed by atoms with Gasteiger partial charge >= 0.3 is 12.3 Å². The fourth-order valence-electron chi connectivity index (χ4n) is 1.44. The molecule has 124 valence electrons. The van der Waals surface area contributed by atoms with Crippen molar-refractivity contribution in [1.29, 1.82) is 0 Å². The molecule has 2 heterocycles. The van der Waals surface area contributed by atoms with Crippen molar-refractivity contribution in [3.8, 4) is 0 Å². The van der Waals surface area contributed by atoms with E-state index in [0.717, 1.165) is 0 Å². The van der Waals surface area contributed by atoms with Crippen LogP contribution < -0.4 is 0 Å². The summed E-state index contributed by atoms with van der Waals surface area (Å²) in [5.41, 5.74) is 0. The summed E-state index contributed by atoms with van der Waals surface area (Å²) in [6.45, 7) is 0.422. The van der Waals surface area contributed by atoms with Crippen LogP contribution in [0.1, 0.15) is 0 Å². The first kappa shape index (κ1) is 16.9. The average Bonchev–Trinajstić information content (AvgIpc) is 3.28. The first-order chi connectivity index (χ1) is 9.97. The summed E-state index contributed by atoms with van der Waals surface area (Å²) in [5, 5.41) is 0. The maximum atomic E-state index is 12.7. The third kappa shape index (κ3) is 6.88. The van der Waals surface area contributed by atoms with Crippen molar-refractivity contribution in [2.45, 2.75) is 30.7 Å². The lowest BCUT2D eigenvalue weighted by Crippen LogP contribution is -2.35. The molecule has 0 aromatic heterocycles. The highest BCUT2D eigenvalue weighted by atomic mass is 19.3. The van der Waals surface area contributed by atoms with Gasteiger partial charge in [-0.25, -0.2) is 8.78 Å². The zero-order valence-electron chi connectivity index (χ0n) is 11.3. The largest absolute Gasteiger partial charge is 0.376 e. The molecule has 2 saturated heterocycles. The van der Waals surface area contributed by atoms with Crippen LogP contribution in [0.4, 0.5) is 17.6 Å². The van der Waals surface area contributed by atoms with Crippen LogP contribution in [-0.2, 0) is 23.7 Å². The summed E-state index contributed by atoms with van der Waals surface area (Å²) in [6.07, 6.45) is -4.29. The Kier molecular flexibility index (Phi) is 6.18. The monoisotopic (exact) mass is 318 g/mol. The van der Waals surface area contributed by atoms with Gasteiger partial charge in [-0.1, -0.05) is 0 Å². The number of epoxide rings is 2. The molecular weight excluding hydrogens is 300 g/mol. The molecule has 5 nitrogen and oxygen atoms in total. The van der Waals surface area contributed by atoms with E-state index in [1.165, 1.54) is 0 Å². The number of rotatable bonds is 12. The molecule has 0 saturated carbocycles. The predicted octanol–water partition coefficient (Wildman–Crippen LogP) is 1.10. The number of alkyl halides is 4. The van der Waals surface area contributed by atoms with Gasteiger partial charge in [0.1, 0.15) is 24.9 Å². The standard InChI is InChI=1S/C12H18F4O5/c13-11(14)12(15,16)7-18-3-8(19-5-10-6-21-10)1-17-2-9-4-20-9/h8-11H,1-7H2. The molecule has 3 unspecified atom stereocenters. The Bertz CT molecular complexity index is 310. The summed E-state index contributed by atoms with van der Waals surface area (Å²) >= 11 is 0. The minimum absolute atomic E-state index is 0.00164. The van der Waals surface area contributed by atoms with Crippen LogP contribution >= 0.6 is 0 Å². The number of ether oxygens (including phenoxy) is 5. The quantitative estimate of drug-likeness (QED) is 0.398. The molecule has 0 aliphatic carbocycles. The average molecular weight is 318 g/mol. The van der Waals surface area contributed by atoms with Gasteiger partial charge in [-0.3, -0.25) is 0 Å². The van der Waals surface area contributed by atoms with Gasteiger partial charge in [0.2, 0.25) is 0 Å². The van der Waals surface area contributed by atoms with Gasteiger partial charge < -0.3 is 23.7 Å². The molecule has 0 spiro atoms. The fraction of sp³-hybridized carbons (Fsp3) is 1.00.